The topological polar surface area (TPSA) is 48.9 Å². The highest BCUT2D eigenvalue weighted by Gasteiger charge is 2.15. The van der Waals surface area contributed by atoms with Crippen LogP contribution in [0.25, 0.3) is 0 Å². The third-order valence-electron chi connectivity index (χ3n) is 4.50. The molecule has 1 unspecified atom stereocenters. The molecule has 1 aromatic rings. The number of nitrogens with one attached hydrogen (secondary N) is 2. The van der Waals surface area contributed by atoms with Gasteiger partial charge in [-0.2, -0.15) is 0 Å². The molecule has 1 fully saturated rings. The molecule has 0 spiro atoms. The zero-order chi connectivity index (χ0) is 17.2. The van der Waals surface area contributed by atoms with Crippen LogP contribution in [0.15, 0.2) is 29.3 Å². The fourth-order valence-corrected chi connectivity index (χ4v) is 3.19. The summed E-state index contributed by atoms with van der Waals surface area (Å²) in [6, 6.07) is 8.09. The van der Waals surface area contributed by atoms with Crippen LogP contribution in [0.1, 0.15) is 31.7 Å². The van der Waals surface area contributed by atoms with Gasteiger partial charge in [0.15, 0.2) is 5.96 Å². The van der Waals surface area contributed by atoms with E-state index < -0.39 is 0 Å². The van der Waals surface area contributed by atoms with E-state index >= 15 is 0 Å². The van der Waals surface area contributed by atoms with Crippen LogP contribution < -0.4 is 15.4 Å². The van der Waals surface area contributed by atoms with E-state index in [0.29, 0.717) is 0 Å². The fourth-order valence-electron chi connectivity index (χ4n) is 3.19. The largest absolute Gasteiger partial charge is 0.497 e. The lowest BCUT2D eigenvalue weighted by atomic mass is 10.0. The minimum atomic E-state index is 0.737. The van der Waals surface area contributed by atoms with Gasteiger partial charge in [0.1, 0.15) is 5.75 Å². The lowest BCUT2D eigenvalue weighted by Gasteiger charge is -2.30. The molecule has 0 aromatic heterocycles. The summed E-state index contributed by atoms with van der Waals surface area (Å²) in [6.07, 6.45) is 3.88. The van der Waals surface area contributed by atoms with Gasteiger partial charge < -0.3 is 20.3 Å². The van der Waals surface area contributed by atoms with E-state index in [2.05, 4.69) is 33.5 Å². The number of piperidine rings is 1. The highest BCUT2D eigenvalue weighted by Crippen LogP contribution is 2.15. The number of hydrogen-bond donors (Lipinski definition) is 2. The molecule has 0 amide bonds. The van der Waals surface area contributed by atoms with Crippen molar-refractivity contribution in [2.24, 2.45) is 10.9 Å². The molecule has 2 rings (SSSR count). The molecule has 1 aliphatic heterocycles. The number of aliphatic imine (C=N–C) groups is 1. The first kappa shape index (κ1) is 18.6. The second-order valence-electron chi connectivity index (χ2n) is 6.61. The highest BCUT2D eigenvalue weighted by molar-refractivity contribution is 5.79. The zero-order valence-electron chi connectivity index (χ0n) is 15.3. The molecule has 134 valence electrons. The van der Waals surface area contributed by atoms with E-state index in [1.165, 1.54) is 38.0 Å². The second kappa shape index (κ2) is 10.2. The minimum absolute atomic E-state index is 0.737. The molecular weight excluding hydrogens is 300 g/mol. The van der Waals surface area contributed by atoms with E-state index in [1.807, 2.05) is 25.2 Å². The third kappa shape index (κ3) is 6.40. The second-order valence-corrected chi connectivity index (χ2v) is 6.61. The lowest BCUT2D eigenvalue weighted by molar-refractivity contribution is 0.182. The van der Waals surface area contributed by atoms with E-state index in [-0.39, 0.29) is 0 Å². The molecular formula is C19H32N4O. The molecule has 1 aliphatic rings. The number of rotatable bonds is 7. The first-order chi connectivity index (χ1) is 11.7. The van der Waals surface area contributed by atoms with Crippen molar-refractivity contribution >= 4 is 5.96 Å². The maximum atomic E-state index is 5.25. The molecule has 0 radical (unpaired) electrons. The van der Waals surface area contributed by atoms with Crippen molar-refractivity contribution in [1.29, 1.82) is 0 Å². The van der Waals surface area contributed by atoms with Crippen molar-refractivity contribution in [3.05, 3.63) is 29.8 Å². The number of guanidine groups is 1. The monoisotopic (exact) mass is 332 g/mol. The van der Waals surface area contributed by atoms with Crippen LogP contribution in [0.3, 0.4) is 0 Å². The maximum Gasteiger partial charge on any atom is 0.191 e. The summed E-state index contributed by atoms with van der Waals surface area (Å²) in [5.41, 5.74) is 1.18. The average molecular weight is 332 g/mol. The molecule has 24 heavy (non-hydrogen) atoms. The van der Waals surface area contributed by atoms with Gasteiger partial charge in [-0.25, -0.2) is 0 Å². The van der Waals surface area contributed by atoms with Crippen LogP contribution in [-0.2, 0) is 6.54 Å². The molecule has 1 atom stereocenters. The van der Waals surface area contributed by atoms with Gasteiger partial charge in [0, 0.05) is 26.7 Å². The quantitative estimate of drug-likeness (QED) is 0.457. The van der Waals surface area contributed by atoms with Crippen molar-refractivity contribution in [2.75, 3.05) is 40.3 Å². The Labute approximate surface area is 146 Å². The fraction of sp³-hybridized carbons (Fsp3) is 0.632. The first-order valence-corrected chi connectivity index (χ1v) is 9.01. The van der Waals surface area contributed by atoms with E-state index in [4.69, 9.17) is 4.74 Å². The SMILES string of the molecule is CN=C(NCCCN1CCCC(C)C1)NCc1cccc(OC)c1. The predicted molar refractivity (Wildman–Crippen MR) is 101 cm³/mol. The Kier molecular flexibility index (Phi) is 7.89. The Morgan fingerprint density at radius 1 is 1.38 bits per heavy atom. The number of ether oxygens (including phenoxy) is 1. The average Bonchev–Trinajstić information content (AvgIpc) is 2.61. The van der Waals surface area contributed by atoms with Gasteiger partial charge in [0.05, 0.1) is 7.11 Å². The van der Waals surface area contributed by atoms with Crippen molar-refractivity contribution in [3.8, 4) is 5.75 Å². The predicted octanol–water partition coefficient (Wildman–Crippen LogP) is 2.48. The molecule has 1 heterocycles. The molecule has 0 aliphatic carbocycles. The van der Waals surface area contributed by atoms with Crippen LogP contribution in [0.2, 0.25) is 0 Å². The smallest absolute Gasteiger partial charge is 0.191 e. The van der Waals surface area contributed by atoms with Crippen molar-refractivity contribution in [1.82, 2.24) is 15.5 Å². The third-order valence-corrected chi connectivity index (χ3v) is 4.50. The molecule has 5 nitrogen and oxygen atoms in total. The summed E-state index contributed by atoms with van der Waals surface area (Å²) in [5, 5.41) is 6.75. The van der Waals surface area contributed by atoms with Gasteiger partial charge in [0.2, 0.25) is 0 Å². The van der Waals surface area contributed by atoms with Crippen LogP contribution in [0, 0.1) is 5.92 Å². The summed E-state index contributed by atoms with van der Waals surface area (Å²) in [5.74, 6) is 2.59. The van der Waals surface area contributed by atoms with Gasteiger partial charge in [-0.15, -0.1) is 0 Å². The normalized spacial score (nSPS) is 19.1. The molecule has 0 bridgehead atoms. The summed E-state index contributed by atoms with van der Waals surface area (Å²) >= 11 is 0. The lowest BCUT2D eigenvalue weighted by Crippen LogP contribution is -2.39. The number of nitrogens with zero attached hydrogens (tertiary/aromatic N) is 2. The number of hydrogen-bond acceptors (Lipinski definition) is 3. The van der Waals surface area contributed by atoms with Crippen molar-refractivity contribution in [2.45, 2.75) is 32.7 Å². The summed E-state index contributed by atoms with van der Waals surface area (Å²) < 4.78 is 5.25. The van der Waals surface area contributed by atoms with Crippen molar-refractivity contribution in [3.63, 3.8) is 0 Å². The Morgan fingerprint density at radius 2 is 2.25 bits per heavy atom. The molecule has 1 saturated heterocycles. The standard InChI is InChI=1S/C19H32N4O/c1-16-7-5-11-23(15-16)12-6-10-21-19(20-2)22-14-17-8-4-9-18(13-17)24-3/h4,8-9,13,16H,5-7,10-12,14-15H2,1-3H3,(H2,20,21,22). The van der Waals surface area contributed by atoms with Crippen LogP contribution in [-0.4, -0.2) is 51.2 Å². The number of benzene rings is 1. The summed E-state index contributed by atoms with van der Waals surface area (Å²) in [6.45, 7) is 7.72. The minimum Gasteiger partial charge on any atom is -0.497 e. The molecule has 0 saturated carbocycles. The van der Waals surface area contributed by atoms with Crippen LogP contribution >= 0.6 is 0 Å². The van der Waals surface area contributed by atoms with Crippen LogP contribution in [0.4, 0.5) is 0 Å². The summed E-state index contributed by atoms with van der Waals surface area (Å²) in [7, 11) is 3.50. The number of methoxy groups -OCH3 is 1. The molecule has 1 aromatic carbocycles. The van der Waals surface area contributed by atoms with Crippen LogP contribution in [0.5, 0.6) is 5.75 Å². The van der Waals surface area contributed by atoms with E-state index in [9.17, 15) is 0 Å². The molecule has 5 heteroatoms. The Balaban J connectivity index is 1.65. The Hall–Kier alpha value is -1.75. The maximum absolute atomic E-state index is 5.25. The van der Waals surface area contributed by atoms with Gasteiger partial charge in [-0.05, 0) is 56.0 Å². The van der Waals surface area contributed by atoms with E-state index in [1.54, 1.807) is 7.11 Å². The van der Waals surface area contributed by atoms with Crippen molar-refractivity contribution < 1.29 is 4.74 Å². The van der Waals surface area contributed by atoms with Gasteiger partial charge >= 0.3 is 0 Å². The number of likely N-dealkylation sites (tertiary alicyclic amines) is 1. The summed E-state index contributed by atoms with van der Waals surface area (Å²) in [4.78, 5) is 6.88. The Bertz CT molecular complexity index is 518. The van der Waals surface area contributed by atoms with E-state index in [0.717, 1.165) is 37.1 Å². The van der Waals surface area contributed by atoms with Gasteiger partial charge in [0.25, 0.3) is 0 Å². The Morgan fingerprint density at radius 3 is 3.00 bits per heavy atom. The highest BCUT2D eigenvalue weighted by atomic mass is 16.5. The van der Waals surface area contributed by atoms with Gasteiger partial charge in [-0.1, -0.05) is 19.1 Å². The molecule has 2 N–H and O–H groups in total. The first-order valence-electron chi connectivity index (χ1n) is 9.01. The zero-order valence-corrected chi connectivity index (χ0v) is 15.3. The van der Waals surface area contributed by atoms with Gasteiger partial charge in [-0.3, -0.25) is 4.99 Å².